The van der Waals surface area contributed by atoms with Crippen molar-refractivity contribution in [1.29, 1.82) is 0 Å². The van der Waals surface area contributed by atoms with Crippen molar-refractivity contribution in [2.24, 2.45) is 4.99 Å². The van der Waals surface area contributed by atoms with Crippen LogP contribution in [0.15, 0.2) is 47.5 Å². The van der Waals surface area contributed by atoms with E-state index in [2.05, 4.69) is 16.0 Å². The second kappa shape index (κ2) is 7.79. The van der Waals surface area contributed by atoms with Crippen molar-refractivity contribution >= 4 is 45.5 Å². The van der Waals surface area contributed by atoms with Crippen LogP contribution in [0.5, 0.6) is 0 Å². The molecule has 0 unspecified atom stereocenters. The van der Waals surface area contributed by atoms with Gasteiger partial charge in [0.05, 0.1) is 5.52 Å². The van der Waals surface area contributed by atoms with Crippen LogP contribution in [0.4, 0.5) is 5.69 Å². The number of nitrogens with one attached hydrogen (secondary N) is 1. The van der Waals surface area contributed by atoms with Crippen molar-refractivity contribution in [2.45, 2.75) is 39.2 Å². The molecule has 0 fully saturated rings. The number of nitrogens with zero attached hydrogens (tertiary/aromatic N) is 3. The lowest BCUT2D eigenvalue weighted by Crippen LogP contribution is -2.28. The van der Waals surface area contributed by atoms with Gasteiger partial charge in [-0.15, -0.1) is 0 Å². The van der Waals surface area contributed by atoms with Crippen LogP contribution in [0.1, 0.15) is 30.7 Å². The fraction of sp³-hybridized carbons (Fsp3) is 0.286. The number of hydrogen-bond acceptors (Lipinski definition) is 2. The SMILES string of the molecule is Cc1ccc(NC(=S)N=c2c3ccccc3nc3n2CCCCC3)cc1Cl. The van der Waals surface area contributed by atoms with Crippen molar-refractivity contribution in [1.82, 2.24) is 9.55 Å². The standard InChI is InChI=1S/C21H21ClN4S/c1-14-10-11-15(13-17(14)22)23-21(27)25-20-16-7-4-5-8-18(16)24-19-9-3-2-6-12-26(19)20/h4-5,7-8,10-11,13H,2-3,6,9,12H2,1H3,(H,23,27). The summed E-state index contributed by atoms with van der Waals surface area (Å²) in [6.07, 6.45) is 4.48. The maximum atomic E-state index is 6.22. The Morgan fingerprint density at radius 1 is 1.19 bits per heavy atom. The molecule has 138 valence electrons. The Labute approximate surface area is 168 Å². The molecule has 1 aromatic heterocycles. The molecule has 1 aliphatic heterocycles. The zero-order valence-corrected chi connectivity index (χ0v) is 16.8. The zero-order valence-electron chi connectivity index (χ0n) is 15.2. The molecular weight excluding hydrogens is 376 g/mol. The van der Waals surface area contributed by atoms with E-state index in [0.29, 0.717) is 10.1 Å². The Hall–Kier alpha value is -2.24. The first-order valence-corrected chi connectivity index (χ1v) is 10.0. The Morgan fingerprint density at radius 3 is 2.89 bits per heavy atom. The summed E-state index contributed by atoms with van der Waals surface area (Å²) in [6.45, 7) is 2.90. The molecular formula is C21H21ClN4S. The predicted molar refractivity (Wildman–Crippen MR) is 115 cm³/mol. The van der Waals surface area contributed by atoms with Gasteiger partial charge in [-0.1, -0.05) is 36.2 Å². The molecule has 2 heterocycles. The second-order valence-corrected chi connectivity index (χ2v) is 7.63. The van der Waals surface area contributed by atoms with Gasteiger partial charge in [0, 0.05) is 29.1 Å². The third-order valence-electron chi connectivity index (χ3n) is 4.87. The third-order valence-corrected chi connectivity index (χ3v) is 5.47. The van der Waals surface area contributed by atoms with Gasteiger partial charge in [0.2, 0.25) is 0 Å². The average Bonchev–Trinajstić information content (AvgIpc) is 2.90. The van der Waals surface area contributed by atoms with Crippen molar-refractivity contribution in [3.8, 4) is 0 Å². The number of anilines is 1. The monoisotopic (exact) mass is 396 g/mol. The van der Waals surface area contributed by atoms with Gasteiger partial charge in [-0.25, -0.2) is 9.98 Å². The highest BCUT2D eigenvalue weighted by Gasteiger charge is 2.13. The van der Waals surface area contributed by atoms with Crippen LogP contribution in [-0.4, -0.2) is 14.7 Å². The van der Waals surface area contributed by atoms with Gasteiger partial charge in [-0.05, 0) is 61.8 Å². The maximum Gasteiger partial charge on any atom is 0.199 e. The molecule has 0 saturated heterocycles. The molecule has 0 radical (unpaired) electrons. The summed E-state index contributed by atoms with van der Waals surface area (Å²) in [6, 6.07) is 13.9. The van der Waals surface area contributed by atoms with Gasteiger partial charge in [-0.3, -0.25) is 0 Å². The molecule has 0 atom stereocenters. The summed E-state index contributed by atoms with van der Waals surface area (Å²) in [5.41, 5.74) is 3.72. The number of para-hydroxylation sites is 1. The second-order valence-electron chi connectivity index (χ2n) is 6.84. The van der Waals surface area contributed by atoms with E-state index in [4.69, 9.17) is 33.8 Å². The number of aryl methyl sites for hydroxylation is 2. The van der Waals surface area contributed by atoms with E-state index in [9.17, 15) is 0 Å². The van der Waals surface area contributed by atoms with Gasteiger partial charge in [0.1, 0.15) is 11.3 Å². The number of halogens is 1. The Bertz CT molecular complexity index is 1090. The Kier molecular flexibility index (Phi) is 5.23. The van der Waals surface area contributed by atoms with Crippen LogP contribution in [0.25, 0.3) is 10.9 Å². The van der Waals surface area contributed by atoms with Crippen LogP contribution < -0.4 is 10.8 Å². The molecule has 27 heavy (non-hydrogen) atoms. The smallest absolute Gasteiger partial charge is 0.199 e. The molecule has 0 aliphatic carbocycles. The van der Waals surface area contributed by atoms with Crippen molar-refractivity contribution in [3.05, 3.63) is 64.4 Å². The van der Waals surface area contributed by atoms with E-state index in [1.165, 1.54) is 6.42 Å². The lowest BCUT2D eigenvalue weighted by molar-refractivity contribution is 0.608. The van der Waals surface area contributed by atoms with E-state index >= 15 is 0 Å². The summed E-state index contributed by atoms with van der Waals surface area (Å²) in [4.78, 5) is 9.66. The molecule has 4 nitrogen and oxygen atoms in total. The van der Waals surface area contributed by atoms with Crippen LogP contribution in [0.2, 0.25) is 5.02 Å². The minimum Gasteiger partial charge on any atom is -0.331 e. The highest BCUT2D eigenvalue weighted by molar-refractivity contribution is 7.80. The molecule has 0 bridgehead atoms. The topological polar surface area (TPSA) is 42.2 Å². The summed E-state index contributed by atoms with van der Waals surface area (Å²) in [7, 11) is 0. The van der Waals surface area contributed by atoms with E-state index in [-0.39, 0.29) is 0 Å². The quantitative estimate of drug-likeness (QED) is 0.587. The first-order chi connectivity index (χ1) is 13.1. The lowest BCUT2D eigenvalue weighted by Gasteiger charge is -2.13. The molecule has 1 N–H and O–H groups in total. The molecule has 2 aromatic carbocycles. The largest absolute Gasteiger partial charge is 0.331 e. The Balaban J connectivity index is 1.80. The van der Waals surface area contributed by atoms with Gasteiger partial charge in [0.25, 0.3) is 0 Å². The molecule has 0 saturated carbocycles. The van der Waals surface area contributed by atoms with E-state index < -0.39 is 0 Å². The summed E-state index contributed by atoms with van der Waals surface area (Å²) < 4.78 is 2.23. The molecule has 0 amide bonds. The van der Waals surface area contributed by atoms with E-state index in [1.807, 2.05) is 43.3 Å². The van der Waals surface area contributed by atoms with Crippen molar-refractivity contribution in [3.63, 3.8) is 0 Å². The van der Waals surface area contributed by atoms with E-state index in [0.717, 1.165) is 59.3 Å². The Morgan fingerprint density at radius 2 is 2.04 bits per heavy atom. The number of fused-ring (bicyclic) bond motifs is 2. The number of thiocarbonyl (C=S) groups is 1. The third kappa shape index (κ3) is 3.89. The fourth-order valence-electron chi connectivity index (χ4n) is 3.42. The fourth-order valence-corrected chi connectivity index (χ4v) is 3.81. The van der Waals surface area contributed by atoms with Gasteiger partial charge in [-0.2, -0.15) is 0 Å². The predicted octanol–water partition coefficient (Wildman–Crippen LogP) is 5.02. The van der Waals surface area contributed by atoms with Gasteiger partial charge < -0.3 is 9.88 Å². The first-order valence-electron chi connectivity index (χ1n) is 9.22. The zero-order chi connectivity index (χ0) is 18.8. The molecule has 1 aliphatic rings. The number of hydrogen-bond donors (Lipinski definition) is 1. The van der Waals surface area contributed by atoms with Crippen LogP contribution in [0.3, 0.4) is 0 Å². The van der Waals surface area contributed by atoms with Crippen LogP contribution in [0, 0.1) is 6.92 Å². The molecule has 6 heteroatoms. The van der Waals surface area contributed by atoms with E-state index in [1.54, 1.807) is 0 Å². The number of rotatable bonds is 1. The van der Waals surface area contributed by atoms with Gasteiger partial charge >= 0.3 is 0 Å². The average molecular weight is 397 g/mol. The highest BCUT2D eigenvalue weighted by atomic mass is 35.5. The summed E-state index contributed by atoms with van der Waals surface area (Å²) in [5.74, 6) is 1.09. The minimum atomic E-state index is 0.421. The van der Waals surface area contributed by atoms with Crippen LogP contribution in [-0.2, 0) is 13.0 Å². The number of aromatic nitrogens is 2. The normalized spacial score (nSPS) is 14.7. The highest BCUT2D eigenvalue weighted by Crippen LogP contribution is 2.20. The minimum absolute atomic E-state index is 0.421. The van der Waals surface area contributed by atoms with Crippen molar-refractivity contribution in [2.75, 3.05) is 5.32 Å². The molecule has 3 aromatic rings. The number of benzene rings is 2. The first kappa shape index (κ1) is 18.1. The summed E-state index contributed by atoms with van der Waals surface area (Å²) >= 11 is 11.8. The molecule has 0 spiro atoms. The van der Waals surface area contributed by atoms with Crippen LogP contribution >= 0.6 is 23.8 Å². The van der Waals surface area contributed by atoms with Gasteiger partial charge in [0.15, 0.2) is 5.11 Å². The maximum absolute atomic E-state index is 6.22. The summed E-state index contributed by atoms with van der Waals surface area (Å²) in [5, 5.41) is 5.34. The molecule has 4 rings (SSSR count). The van der Waals surface area contributed by atoms with Crippen molar-refractivity contribution < 1.29 is 0 Å². The lowest BCUT2D eigenvalue weighted by atomic mass is 10.2.